The van der Waals surface area contributed by atoms with Gasteiger partial charge in [-0.05, 0) is 19.8 Å². The van der Waals surface area contributed by atoms with Crippen molar-refractivity contribution < 1.29 is 9.53 Å². The first-order chi connectivity index (χ1) is 11.2. The molecule has 1 aliphatic rings. The van der Waals surface area contributed by atoms with Crippen LogP contribution in [-0.4, -0.2) is 36.0 Å². The maximum Gasteiger partial charge on any atom is 0.243 e. The molecular formula is C17H19ClN2O2S. The van der Waals surface area contributed by atoms with Crippen LogP contribution in [0.1, 0.15) is 18.4 Å². The summed E-state index contributed by atoms with van der Waals surface area (Å²) >= 11 is 7.23. The summed E-state index contributed by atoms with van der Waals surface area (Å²) in [6.07, 6.45) is 2.09. The molecule has 0 saturated carbocycles. The molecule has 3 rings (SSSR count). The largest absolute Gasteiger partial charge is 0.376 e. The number of hydrogen-bond donors (Lipinski definition) is 0. The molecule has 122 valence electrons. The van der Waals surface area contributed by atoms with Gasteiger partial charge in [-0.2, -0.15) is 0 Å². The van der Waals surface area contributed by atoms with E-state index in [0.717, 1.165) is 30.7 Å². The quantitative estimate of drug-likeness (QED) is 0.769. The van der Waals surface area contributed by atoms with E-state index in [1.807, 2.05) is 17.5 Å². The van der Waals surface area contributed by atoms with Crippen molar-refractivity contribution in [2.45, 2.75) is 25.9 Å². The zero-order chi connectivity index (χ0) is 16.2. The summed E-state index contributed by atoms with van der Waals surface area (Å²) in [5.74, 6) is -0.182. The van der Waals surface area contributed by atoms with Gasteiger partial charge in [0.25, 0.3) is 0 Å². The molecule has 1 saturated heterocycles. The highest BCUT2D eigenvalue weighted by Crippen LogP contribution is 2.29. The van der Waals surface area contributed by atoms with Crippen molar-refractivity contribution in [1.29, 1.82) is 0 Å². The van der Waals surface area contributed by atoms with E-state index in [1.54, 1.807) is 4.90 Å². The number of halogens is 1. The predicted octanol–water partition coefficient (Wildman–Crippen LogP) is 3.87. The molecule has 0 unspecified atom stereocenters. The van der Waals surface area contributed by atoms with Gasteiger partial charge in [0.1, 0.15) is 5.88 Å². The highest BCUT2D eigenvalue weighted by molar-refractivity contribution is 7.14. The van der Waals surface area contributed by atoms with Crippen LogP contribution in [0.4, 0.5) is 5.13 Å². The summed E-state index contributed by atoms with van der Waals surface area (Å²) in [6.45, 7) is 3.34. The number of alkyl halides is 1. The number of ether oxygens (including phenoxy) is 1. The van der Waals surface area contributed by atoms with E-state index >= 15 is 0 Å². The van der Waals surface area contributed by atoms with Gasteiger partial charge in [-0.3, -0.25) is 9.69 Å². The molecule has 1 amide bonds. The summed E-state index contributed by atoms with van der Waals surface area (Å²) in [6, 6.07) is 8.20. The van der Waals surface area contributed by atoms with Gasteiger partial charge in [-0.1, -0.05) is 29.8 Å². The number of thiazole rings is 1. The zero-order valence-corrected chi connectivity index (χ0v) is 14.6. The van der Waals surface area contributed by atoms with Gasteiger partial charge in [-0.25, -0.2) is 4.98 Å². The monoisotopic (exact) mass is 350 g/mol. The van der Waals surface area contributed by atoms with Crippen molar-refractivity contribution in [1.82, 2.24) is 4.98 Å². The SMILES string of the molecule is Cc1ccc(-c2csc(N(C[C@@H]3CCCO3)C(=O)CCl)n2)cc1. The number of aromatic nitrogens is 1. The zero-order valence-electron chi connectivity index (χ0n) is 13.0. The topological polar surface area (TPSA) is 42.4 Å². The number of anilines is 1. The molecule has 1 aliphatic heterocycles. The van der Waals surface area contributed by atoms with Gasteiger partial charge in [0, 0.05) is 17.6 Å². The van der Waals surface area contributed by atoms with Gasteiger partial charge in [0.15, 0.2) is 5.13 Å². The fourth-order valence-electron chi connectivity index (χ4n) is 2.60. The van der Waals surface area contributed by atoms with Crippen LogP contribution in [-0.2, 0) is 9.53 Å². The number of rotatable bonds is 5. The molecule has 1 aromatic heterocycles. The van der Waals surface area contributed by atoms with Gasteiger partial charge in [-0.15, -0.1) is 22.9 Å². The van der Waals surface area contributed by atoms with Crippen LogP contribution in [0.3, 0.4) is 0 Å². The molecule has 0 spiro atoms. The van der Waals surface area contributed by atoms with Gasteiger partial charge in [0.2, 0.25) is 5.91 Å². The molecule has 0 radical (unpaired) electrons. The second kappa shape index (κ2) is 7.43. The molecule has 6 heteroatoms. The van der Waals surface area contributed by atoms with Crippen LogP contribution in [0.15, 0.2) is 29.6 Å². The van der Waals surface area contributed by atoms with E-state index < -0.39 is 0 Å². The smallest absolute Gasteiger partial charge is 0.243 e. The van der Waals surface area contributed by atoms with Crippen molar-refractivity contribution in [2.75, 3.05) is 23.9 Å². The van der Waals surface area contributed by atoms with Crippen LogP contribution in [0.25, 0.3) is 11.3 Å². The molecule has 1 aromatic carbocycles. The number of carbonyl (C=O) groups is 1. The lowest BCUT2D eigenvalue weighted by atomic mass is 10.1. The van der Waals surface area contributed by atoms with Gasteiger partial charge in [0.05, 0.1) is 18.3 Å². The Hall–Kier alpha value is -1.43. The van der Waals surface area contributed by atoms with Gasteiger partial charge < -0.3 is 4.74 Å². The number of benzene rings is 1. The van der Waals surface area contributed by atoms with Crippen molar-refractivity contribution in [3.05, 3.63) is 35.2 Å². The third kappa shape index (κ3) is 3.91. The Kier molecular flexibility index (Phi) is 5.30. The average Bonchev–Trinajstić information content (AvgIpc) is 3.24. The number of carbonyl (C=O) groups excluding carboxylic acids is 1. The van der Waals surface area contributed by atoms with Crippen molar-refractivity contribution >= 4 is 34.0 Å². The van der Waals surface area contributed by atoms with Crippen molar-refractivity contribution in [2.24, 2.45) is 0 Å². The predicted molar refractivity (Wildman–Crippen MR) is 94.3 cm³/mol. The maximum atomic E-state index is 12.2. The average molecular weight is 351 g/mol. The van der Waals surface area contributed by atoms with E-state index in [-0.39, 0.29) is 17.9 Å². The minimum absolute atomic E-state index is 0.0494. The Bertz CT molecular complexity index is 665. The summed E-state index contributed by atoms with van der Waals surface area (Å²) in [7, 11) is 0. The lowest BCUT2D eigenvalue weighted by molar-refractivity contribution is -0.116. The highest BCUT2D eigenvalue weighted by Gasteiger charge is 2.25. The van der Waals surface area contributed by atoms with Crippen LogP contribution >= 0.6 is 22.9 Å². The number of nitrogens with zero attached hydrogens (tertiary/aromatic N) is 2. The van der Waals surface area contributed by atoms with E-state index in [0.29, 0.717) is 11.7 Å². The fraction of sp³-hybridized carbons (Fsp3) is 0.412. The van der Waals surface area contributed by atoms with E-state index in [2.05, 4.69) is 24.0 Å². The van der Waals surface area contributed by atoms with E-state index in [1.165, 1.54) is 16.9 Å². The number of hydrogen-bond acceptors (Lipinski definition) is 4. The summed E-state index contributed by atoms with van der Waals surface area (Å²) < 4.78 is 5.64. The van der Waals surface area contributed by atoms with E-state index in [9.17, 15) is 4.79 Å². The Balaban J connectivity index is 1.81. The number of aryl methyl sites for hydroxylation is 1. The van der Waals surface area contributed by atoms with Crippen molar-refractivity contribution in [3.63, 3.8) is 0 Å². The second-order valence-electron chi connectivity index (χ2n) is 5.65. The minimum Gasteiger partial charge on any atom is -0.376 e. The lowest BCUT2D eigenvalue weighted by Crippen LogP contribution is -2.38. The second-order valence-corrected chi connectivity index (χ2v) is 6.76. The molecule has 4 nitrogen and oxygen atoms in total. The first kappa shape index (κ1) is 16.4. The molecule has 1 fully saturated rings. The maximum absolute atomic E-state index is 12.2. The van der Waals surface area contributed by atoms with Gasteiger partial charge >= 0.3 is 0 Å². The summed E-state index contributed by atoms with van der Waals surface area (Å²) in [4.78, 5) is 18.5. The summed E-state index contributed by atoms with van der Waals surface area (Å²) in [5, 5.41) is 2.66. The van der Waals surface area contributed by atoms with Crippen LogP contribution < -0.4 is 4.90 Å². The van der Waals surface area contributed by atoms with E-state index in [4.69, 9.17) is 16.3 Å². The molecule has 0 N–H and O–H groups in total. The molecule has 0 bridgehead atoms. The molecule has 1 atom stereocenters. The fourth-order valence-corrected chi connectivity index (χ4v) is 3.60. The summed E-state index contributed by atoms with van der Waals surface area (Å²) in [5.41, 5.74) is 3.14. The standard InChI is InChI=1S/C17H19ClN2O2S/c1-12-4-6-13(7-5-12)15-11-23-17(19-15)20(16(21)9-18)10-14-3-2-8-22-14/h4-7,11,14H,2-3,8-10H2,1H3/t14-/m0/s1. The lowest BCUT2D eigenvalue weighted by Gasteiger charge is -2.22. The normalized spacial score (nSPS) is 17.4. The van der Waals surface area contributed by atoms with Crippen molar-refractivity contribution in [3.8, 4) is 11.3 Å². The highest BCUT2D eigenvalue weighted by atomic mass is 35.5. The minimum atomic E-state index is -0.132. The number of amides is 1. The van der Waals surface area contributed by atoms with Crippen LogP contribution in [0.2, 0.25) is 0 Å². The third-order valence-electron chi connectivity index (χ3n) is 3.90. The Morgan fingerprint density at radius 1 is 1.43 bits per heavy atom. The molecule has 23 heavy (non-hydrogen) atoms. The Morgan fingerprint density at radius 3 is 2.87 bits per heavy atom. The Labute approximate surface area is 145 Å². The molecule has 2 heterocycles. The molecular weight excluding hydrogens is 332 g/mol. The van der Waals surface area contributed by atoms with Crippen LogP contribution in [0, 0.1) is 6.92 Å². The third-order valence-corrected chi connectivity index (χ3v) is 4.99. The van der Waals surface area contributed by atoms with Crippen LogP contribution in [0.5, 0.6) is 0 Å². The molecule has 2 aromatic rings. The molecule has 0 aliphatic carbocycles. The first-order valence-corrected chi connectivity index (χ1v) is 9.09. The first-order valence-electron chi connectivity index (χ1n) is 7.68. The Morgan fingerprint density at radius 2 is 2.22 bits per heavy atom.